The van der Waals surface area contributed by atoms with Gasteiger partial charge in [0.25, 0.3) is 0 Å². The zero-order valence-electron chi connectivity index (χ0n) is 10.2. The quantitative estimate of drug-likeness (QED) is 0.751. The second kappa shape index (κ2) is 4.73. The van der Waals surface area contributed by atoms with Crippen molar-refractivity contribution in [3.05, 3.63) is 65.5 Å². The highest BCUT2D eigenvalue weighted by Crippen LogP contribution is 2.27. The van der Waals surface area contributed by atoms with E-state index in [0.717, 1.165) is 24.8 Å². The number of hydrogen-bond acceptors (Lipinski definition) is 2. The summed E-state index contributed by atoms with van der Waals surface area (Å²) in [5, 5.41) is 0. The normalized spacial score (nSPS) is 18.1. The minimum atomic E-state index is 0.127. The summed E-state index contributed by atoms with van der Waals surface area (Å²) in [6.45, 7) is 0. The molecule has 18 heavy (non-hydrogen) atoms. The van der Waals surface area contributed by atoms with E-state index in [-0.39, 0.29) is 11.7 Å². The lowest BCUT2D eigenvalue weighted by Gasteiger charge is -2.23. The van der Waals surface area contributed by atoms with Gasteiger partial charge in [0, 0.05) is 23.9 Å². The molecule has 1 unspecified atom stereocenters. The Balaban J connectivity index is 1.82. The SMILES string of the molecule is O=C(c1ccncc1)C1CCc2ccccc2C1. The Kier molecular flexibility index (Phi) is 2.93. The lowest BCUT2D eigenvalue weighted by molar-refractivity contribution is 0.0908. The Labute approximate surface area is 107 Å². The minimum absolute atomic E-state index is 0.127. The van der Waals surface area contributed by atoms with E-state index in [1.807, 2.05) is 12.1 Å². The number of rotatable bonds is 2. The Morgan fingerprint density at radius 2 is 1.78 bits per heavy atom. The first kappa shape index (κ1) is 11.1. The van der Waals surface area contributed by atoms with Crippen molar-refractivity contribution in [2.45, 2.75) is 19.3 Å². The van der Waals surface area contributed by atoms with Crippen LogP contribution in [-0.2, 0) is 12.8 Å². The van der Waals surface area contributed by atoms with Gasteiger partial charge < -0.3 is 0 Å². The van der Waals surface area contributed by atoms with Gasteiger partial charge in [-0.05, 0) is 42.5 Å². The molecular weight excluding hydrogens is 222 g/mol. The molecule has 1 aromatic heterocycles. The molecule has 0 saturated heterocycles. The second-order valence-corrected chi connectivity index (χ2v) is 4.81. The topological polar surface area (TPSA) is 30.0 Å². The standard InChI is InChI=1S/C16H15NO/c18-16(13-7-9-17-10-8-13)15-6-5-12-3-1-2-4-14(12)11-15/h1-4,7-10,15H,5-6,11H2. The van der Waals surface area contributed by atoms with Crippen molar-refractivity contribution in [2.24, 2.45) is 5.92 Å². The van der Waals surface area contributed by atoms with Crippen LogP contribution in [0.25, 0.3) is 0 Å². The molecule has 3 rings (SSSR count). The van der Waals surface area contributed by atoms with Crippen LogP contribution >= 0.6 is 0 Å². The molecule has 0 aliphatic heterocycles. The van der Waals surface area contributed by atoms with Crippen LogP contribution in [0, 0.1) is 5.92 Å². The third-order valence-electron chi connectivity index (χ3n) is 3.68. The van der Waals surface area contributed by atoms with Gasteiger partial charge in [-0.3, -0.25) is 9.78 Å². The highest BCUT2D eigenvalue weighted by molar-refractivity contribution is 5.98. The molecule has 0 N–H and O–H groups in total. The summed E-state index contributed by atoms with van der Waals surface area (Å²) in [5.74, 6) is 0.384. The third kappa shape index (κ3) is 2.06. The van der Waals surface area contributed by atoms with Crippen LogP contribution in [0.5, 0.6) is 0 Å². The van der Waals surface area contributed by atoms with E-state index in [1.165, 1.54) is 11.1 Å². The number of carbonyl (C=O) groups is 1. The average Bonchev–Trinajstić information content (AvgIpc) is 2.47. The van der Waals surface area contributed by atoms with Gasteiger partial charge in [-0.25, -0.2) is 0 Å². The monoisotopic (exact) mass is 237 g/mol. The number of Topliss-reactive ketones (excluding diaryl/α,β-unsaturated/α-hetero) is 1. The fourth-order valence-corrected chi connectivity index (χ4v) is 2.67. The van der Waals surface area contributed by atoms with Gasteiger partial charge in [0.05, 0.1) is 0 Å². The third-order valence-corrected chi connectivity index (χ3v) is 3.68. The molecule has 1 aliphatic rings. The molecule has 0 spiro atoms. The minimum Gasteiger partial charge on any atom is -0.294 e. The van der Waals surface area contributed by atoms with Gasteiger partial charge in [0.2, 0.25) is 0 Å². The summed E-state index contributed by atoms with van der Waals surface area (Å²) in [6.07, 6.45) is 6.21. The summed E-state index contributed by atoms with van der Waals surface area (Å²) >= 11 is 0. The Hall–Kier alpha value is -1.96. The van der Waals surface area contributed by atoms with Crippen molar-refractivity contribution in [1.82, 2.24) is 4.98 Å². The lowest BCUT2D eigenvalue weighted by Crippen LogP contribution is -2.22. The summed E-state index contributed by atoms with van der Waals surface area (Å²) in [4.78, 5) is 16.3. The van der Waals surface area contributed by atoms with E-state index in [0.29, 0.717) is 0 Å². The number of benzene rings is 1. The molecule has 0 fully saturated rings. The maximum Gasteiger partial charge on any atom is 0.166 e. The second-order valence-electron chi connectivity index (χ2n) is 4.81. The summed E-state index contributed by atoms with van der Waals surface area (Å²) in [7, 11) is 0. The van der Waals surface area contributed by atoms with Crippen molar-refractivity contribution < 1.29 is 4.79 Å². The van der Waals surface area contributed by atoms with Crippen molar-refractivity contribution in [1.29, 1.82) is 0 Å². The summed E-state index contributed by atoms with van der Waals surface area (Å²) in [5.41, 5.74) is 3.52. The maximum atomic E-state index is 12.4. The number of carbonyl (C=O) groups excluding carboxylic acids is 1. The fourth-order valence-electron chi connectivity index (χ4n) is 2.67. The largest absolute Gasteiger partial charge is 0.294 e. The van der Waals surface area contributed by atoms with Gasteiger partial charge >= 0.3 is 0 Å². The molecule has 0 saturated carbocycles. The van der Waals surface area contributed by atoms with Crippen LogP contribution < -0.4 is 0 Å². The molecule has 2 nitrogen and oxygen atoms in total. The van der Waals surface area contributed by atoms with Crippen LogP contribution in [0.2, 0.25) is 0 Å². The molecule has 1 aromatic carbocycles. The number of fused-ring (bicyclic) bond motifs is 1. The molecule has 1 atom stereocenters. The lowest BCUT2D eigenvalue weighted by atomic mass is 9.80. The smallest absolute Gasteiger partial charge is 0.166 e. The van der Waals surface area contributed by atoms with Crippen LogP contribution in [0.4, 0.5) is 0 Å². The van der Waals surface area contributed by atoms with Gasteiger partial charge in [0.1, 0.15) is 0 Å². The van der Waals surface area contributed by atoms with Gasteiger partial charge in [0.15, 0.2) is 5.78 Å². The van der Waals surface area contributed by atoms with Crippen molar-refractivity contribution in [3.8, 4) is 0 Å². The molecule has 0 radical (unpaired) electrons. The predicted octanol–water partition coefficient (Wildman–Crippen LogP) is 3.07. The van der Waals surface area contributed by atoms with Crippen LogP contribution in [0.15, 0.2) is 48.8 Å². The molecule has 90 valence electrons. The summed E-state index contributed by atoms with van der Waals surface area (Å²) in [6, 6.07) is 12.1. The molecule has 0 bridgehead atoms. The van der Waals surface area contributed by atoms with Crippen LogP contribution in [-0.4, -0.2) is 10.8 Å². The molecule has 2 heteroatoms. The Morgan fingerprint density at radius 3 is 2.56 bits per heavy atom. The van der Waals surface area contributed by atoms with Crippen molar-refractivity contribution in [2.75, 3.05) is 0 Å². The molecule has 1 aliphatic carbocycles. The summed E-state index contributed by atoms with van der Waals surface area (Å²) < 4.78 is 0. The number of aryl methyl sites for hydroxylation is 1. The van der Waals surface area contributed by atoms with Gasteiger partial charge in [-0.2, -0.15) is 0 Å². The zero-order chi connectivity index (χ0) is 12.4. The van der Waals surface area contributed by atoms with Crippen molar-refractivity contribution in [3.63, 3.8) is 0 Å². The van der Waals surface area contributed by atoms with Gasteiger partial charge in [-0.1, -0.05) is 24.3 Å². The highest BCUT2D eigenvalue weighted by atomic mass is 16.1. The number of ketones is 1. The molecule has 2 aromatic rings. The first-order valence-corrected chi connectivity index (χ1v) is 6.35. The number of hydrogen-bond donors (Lipinski definition) is 0. The average molecular weight is 237 g/mol. The van der Waals surface area contributed by atoms with E-state index in [1.54, 1.807) is 12.4 Å². The maximum absolute atomic E-state index is 12.4. The van der Waals surface area contributed by atoms with E-state index >= 15 is 0 Å². The zero-order valence-corrected chi connectivity index (χ0v) is 10.2. The Bertz CT molecular complexity index is 562. The first-order valence-electron chi connectivity index (χ1n) is 6.35. The van der Waals surface area contributed by atoms with Crippen molar-refractivity contribution >= 4 is 5.78 Å². The number of nitrogens with zero attached hydrogens (tertiary/aromatic N) is 1. The van der Waals surface area contributed by atoms with Gasteiger partial charge in [-0.15, -0.1) is 0 Å². The predicted molar refractivity (Wildman–Crippen MR) is 70.5 cm³/mol. The molecule has 0 amide bonds. The van der Waals surface area contributed by atoms with E-state index in [2.05, 4.69) is 29.2 Å². The van der Waals surface area contributed by atoms with E-state index in [9.17, 15) is 4.79 Å². The molecule has 1 heterocycles. The number of aromatic nitrogens is 1. The highest BCUT2D eigenvalue weighted by Gasteiger charge is 2.25. The van der Waals surface area contributed by atoms with E-state index < -0.39 is 0 Å². The van der Waals surface area contributed by atoms with E-state index in [4.69, 9.17) is 0 Å². The fraction of sp³-hybridized carbons (Fsp3) is 0.250. The first-order chi connectivity index (χ1) is 8.84. The van der Waals surface area contributed by atoms with Crippen LogP contribution in [0.3, 0.4) is 0 Å². The number of pyridine rings is 1. The Morgan fingerprint density at radius 1 is 1.06 bits per heavy atom. The molecular formula is C16H15NO. The van der Waals surface area contributed by atoms with Crippen LogP contribution in [0.1, 0.15) is 27.9 Å².